The van der Waals surface area contributed by atoms with Crippen molar-refractivity contribution in [1.29, 1.82) is 0 Å². The quantitative estimate of drug-likeness (QED) is 0.599. The molecule has 0 bridgehead atoms. The van der Waals surface area contributed by atoms with E-state index < -0.39 is 5.97 Å². The van der Waals surface area contributed by atoms with E-state index in [1.807, 2.05) is 24.3 Å². The second-order valence-electron chi connectivity index (χ2n) is 5.09. The largest absolute Gasteiger partial charge is 0.478 e. The second-order valence-corrected chi connectivity index (χ2v) is 5.09. The van der Waals surface area contributed by atoms with E-state index in [4.69, 9.17) is 10.2 Å². The maximum atomic E-state index is 10.6. The smallest absolute Gasteiger partial charge is 0.328 e. The van der Waals surface area contributed by atoms with E-state index in [2.05, 4.69) is 15.4 Å². The summed E-state index contributed by atoms with van der Waals surface area (Å²) in [7, 11) is 0. The van der Waals surface area contributed by atoms with Gasteiger partial charge in [-0.2, -0.15) is 5.10 Å². The van der Waals surface area contributed by atoms with Crippen LogP contribution in [0, 0.1) is 0 Å². The van der Waals surface area contributed by atoms with Gasteiger partial charge in [0.1, 0.15) is 5.82 Å². The van der Waals surface area contributed by atoms with E-state index in [1.54, 1.807) is 29.1 Å². The van der Waals surface area contributed by atoms with E-state index in [9.17, 15) is 4.79 Å². The van der Waals surface area contributed by atoms with E-state index in [0.29, 0.717) is 18.0 Å². The van der Waals surface area contributed by atoms with Crippen LogP contribution in [0.1, 0.15) is 5.56 Å². The molecule has 2 heterocycles. The minimum atomic E-state index is -0.988. The Labute approximate surface area is 137 Å². The first-order valence-electron chi connectivity index (χ1n) is 7.38. The maximum absolute atomic E-state index is 10.6. The lowest BCUT2D eigenvalue weighted by atomic mass is 10.1. The van der Waals surface area contributed by atoms with Crippen LogP contribution in [0.25, 0.3) is 22.9 Å². The minimum absolute atomic E-state index is 0.0247. The average molecular weight is 324 g/mol. The molecule has 2 aromatic heterocycles. The highest BCUT2D eigenvalue weighted by atomic mass is 16.4. The van der Waals surface area contributed by atoms with Gasteiger partial charge in [-0.05, 0) is 29.3 Å². The van der Waals surface area contributed by atoms with Crippen molar-refractivity contribution in [1.82, 2.24) is 14.6 Å². The predicted molar refractivity (Wildman–Crippen MR) is 90.7 cm³/mol. The van der Waals surface area contributed by atoms with Gasteiger partial charge in [0.2, 0.25) is 0 Å². The number of rotatable bonds is 6. The van der Waals surface area contributed by atoms with Gasteiger partial charge in [0.15, 0.2) is 5.65 Å². The number of aliphatic carboxylic acids is 1. The highest BCUT2D eigenvalue weighted by Gasteiger charge is 2.09. The number of aliphatic hydroxyl groups excluding tert-OH is 1. The molecule has 0 aliphatic rings. The molecular formula is C17H16N4O3. The standard InChI is InChI=1S/C17H16N4O3/c22-9-7-18-15-6-8-21-17(20-15)14(11-19-21)13-3-1-2-12(10-13)4-5-16(23)24/h1-6,8,10-11,22H,7,9H2,(H,18,20)(H,23,24). The topological polar surface area (TPSA) is 99.8 Å². The number of benzene rings is 1. The number of carboxylic acids is 1. The summed E-state index contributed by atoms with van der Waals surface area (Å²) >= 11 is 0. The zero-order valence-corrected chi connectivity index (χ0v) is 12.8. The Kier molecular flexibility index (Phi) is 4.53. The first kappa shape index (κ1) is 15.7. The molecule has 7 nitrogen and oxygen atoms in total. The van der Waals surface area contributed by atoms with Crippen LogP contribution in [0.4, 0.5) is 5.82 Å². The van der Waals surface area contributed by atoms with E-state index in [1.165, 1.54) is 0 Å². The molecule has 3 N–H and O–H groups in total. The lowest BCUT2D eigenvalue weighted by Crippen LogP contribution is -2.07. The van der Waals surface area contributed by atoms with Crippen LogP contribution in [-0.4, -0.2) is 43.9 Å². The summed E-state index contributed by atoms with van der Waals surface area (Å²) < 4.78 is 1.67. The zero-order valence-electron chi connectivity index (χ0n) is 12.8. The molecule has 7 heteroatoms. The van der Waals surface area contributed by atoms with Gasteiger partial charge in [-0.3, -0.25) is 0 Å². The number of hydrogen-bond acceptors (Lipinski definition) is 5. The third-order valence-electron chi connectivity index (χ3n) is 3.40. The van der Waals surface area contributed by atoms with Gasteiger partial charge in [-0.1, -0.05) is 18.2 Å². The monoisotopic (exact) mass is 324 g/mol. The number of aromatic nitrogens is 3. The van der Waals surface area contributed by atoms with Gasteiger partial charge < -0.3 is 15.5 Å². The van der Waals surface area contributed by atoms with Gasteiger partial charge in [-0.25, -0.2) is 14.3 Å². The number of carboxylic acid groups (broad SMARTS) is 1. The van der Waals surface area contributed by atoms with Crippen molar-refractivity contribution in [3.8, 4) is 11.1 Å². The van der Waals surface area contributed by atoms with Crippen LogP contribution in [0.15, 0.2) is 48.8 Å². The Hall–Kier alpha value is -3.19. The first-order valence-corrected chi connectivity index (χ1v) is 7.38. The van der Waals surface area contributed by atoms with Crippen LogP contribution in [0.5, 0.6) is 0 Å². The van der Waals surface area contributed by atoms with Crippen LogP contribution in [0.2, 0.25) is 0 Å². The maximum Gasteiger partial charge on any atom is 0.328 e. The van der Waals surface area contributed by atoms with Crippen molar-refractivity contribution in [2.75, 3.05) is 18.5 Å². The number of nitrogens with zero attached hydrogens (tertiary/aromatic N) is 3. The molecule has 1 aromatic carbocycles. The summed E-state index contributed by atoms with van der Waals surface area (Å²) in [4.78, 5) is 15.2. The molecule has 3 rings (SSSR count). The van der Waals surface area contributed by atoms with Crippen molar-refractivity contribution >= 4 is 23.5 Å². The number of anilines is 1. The average Bonchev–Trinajstić information content (AvgIpc) is 3.01. The number of hydrogen-bond donors (Lipinski definition) is 3. The Morgan fingerprint density at radius 1 is 1.33 bits per heavy atom. The first-order chi connectivity index (χ1) is 11.7. The molecule has 0 unspecified atom stereocenters. The molecule has 0 radical (unpaired) electrons. The summed E-state index contributed by atoms with van der Waals surface area (Å²) in [6, 6.07) is 9.27. The van der Waals surface area contributed by atoms with Gasteiger partial charge in [-0.15, -0.1) is 0 Å². The van der Waals surface area contributed by atoms with E-state index in [0.717, 1.165) is 22.8 Å². The molecule has 0 atom stereocenters. The fourth-order valence-electron chi connectivity index (χ4n) is 2.33. The zero-order chi connectivity index (χ0) is 16.9. The van der Waals surface area contributed by atoms with Crippen molar-refractivity contribution in [3.05, 3.63) is 54.4 Å². The molecule has 0 amide bonds. The fourth-order valence-corrected chi connectivity index (χ4v) is 2.33. The van der Waals surface area contributed by atoms with Crippen LogP contribution < -0.4 is 5.32 Å². The Balaban J connectivity index is 1.99. The van der Waals surface area contributed by atoms with Gasteiger partial charge >= 0.3 is 5.97 Å². The van der Waals surface area contributed by atoms with Crippen molar-refractivity contribution in [3.63, 3.8) is 0 Å². The molecule has 122 valence electrons. The summed E-state index contributed by atoms with van der Waals surface area (Å²) in [5, 5.41) is 24.9. The highest BCUT2D eigenvalue weighted by Crippen LogP contribution is 2.25. The third-order valence-corrected chi connectivity index (χ3v) is 3.40. The van der Waals surface area contributed by atoms with Gasteiger partial charge in [0, 0.05) is 24.4 Å². The number of aliphatic hydroxyl groups is 1. The molecule has 3 aromatic rings. The Morgan fingerprint density at radius 3 is 3.00 bits per heavy atom. The van der Waals surface area contributed by atoms with Gasteiger partial charge in [0.25, 0.3) is 0 Å². The second kappa shape index (κ2) is 6.93. The molecule has 24 heavy (non-hydrogen) atoms. The SMILES string of the molecule is O=C(O)C=Cc1cccc(-c2cnn3ccc(NCCO)nc23)c1. The lowest BCUT2D eigenvalue weighted by molar-refractivity contribution is -0.131. The number of carbonyl (C=O) groups is 1. The summed E-state index contributed by atoms with van der Waals surface area (Å²) in [5.41, 5.74) is 3.19. The lowest BCUT2D eigenvalue weighted by Gasteiger charge is -2.05. The molecule has 0 saturated carbocycles. The van der Waals surface area contributed by atoms with Gasteiger partial charge in [0.05, 0.1) is 12.8 Å². The molecule has 0 saturated heterocycles. The third kappa shape index (κ3) is 3.41. The Morgan fingerprint density at radius 2 is 2.21 bits per heavy atom. The Bertz CT molecular complexity index is 902. The molecular weight excluding hydrogens is 308 g/mol. The van der Waals surface area contributed by atoms with Crippen molar-refractivity contribution in [2.24, 2.45) is 0 Å². The predicted octanol–water partition coefficient (Wildman–Crippen LogP) is 1.90. The van der Waals surface area contributed by atoms with E-state index >= 15 is 0 Å². The summed E-state index contributed by atoms with van der Waals surface area (Å²) in [6.07, 6.45) is 6.15. The summed E-state index contributed by atoms with van der Waals surface area (Å²) in [6.45, 7) is 0.444. The van der Waals surface area contributed by atoms with E-state index in [-0.39, 0.29) is 6.61 Å². The minimum Gasteiger partial charge on any atom is -0.478 e. The van der Waals surface area contributed by atoms with Crippen molar-refractivity contribution < 1.29 is 15.0 Å². The summed E-state index contributed by atoms with van der Waals surface area (Å²) in [5.74, 6) is -0.335. The normalized spacial score (nSPS) is 11.2. The molecule has 0 aliphatic carbocycles. The van der Waals surface area contributed by atoms with Crippen molar-refractivity contribution in [2.45, 2.75) is 0 Å². The molecule has 0 spiro atoms. The molecule has 0 fully saturated rings. The van der Waals surface area contributed by atoms with Crippen LogP contribution in [0.3, 0.4) is 0 Å². The number of nitrogens with one attached hydrogen (secondary N) is 1. The molecule has 0 aliphatic heterocycles. The number of fused-ring (bicyclic) bond motifs is 1. The van der Waals surface area contributed by atoms with Crippen LogP contribution >= 0.6 is 0 Å². The van der Waals surface area contributed by atoms with Crippen LogP contribution in [-0.2, 0) is 4.79 Å². The highest BCUT2D eigenvalue weighted by molar-refractivity contribution is 5.86. The fraction of sp³-hybridized carbons (Fsp3) is 0.118.